The fraction of sp³-hybridized carbons (Fsp3) is 0.957. The Labute approximate surface area is 178 Å². The van der Waals surface area contributed by atoms with Gasteiger partial charge in [0.1, 0.15) is 23.9 Å². The zero-order chi connectivity index (χ0) is 22.0. The lowest BCUT2D eigenvalue weighted by molar-refractivity contribution is -0.259. The molecular formula is C23H42O5Si. The predicted octanol–water partition coefficient (Wildman–Crippen LogP) is 4.53. The molecule has 0 amide bonds. The lowest BCUT2D eigenvalue weighted by atomic mass is 9.69. The summed E-state index contributed by atoms with van der Waals surface area (Å²) in [6, 6.07) is 0. The summed E-state index contributed by atoms with van der Waals surface area (Å²) in [6.45, 7) is 19.3. The Morgan fingerprint density at radius 3 is 2.45 bits per heavy atom. The third-order valence-electron chi connectivity index (χ3n) is 8.82. The molecule has 0 aromatic heterocycles. The Morgan fingerprint density at radius 2 is 1.90 bits per heavy atom. The average Bonchev–Trinajstić information content (AvgIpc) is 3.10. The van der Waals surface area contributed by atoms with Crippen LogP contribution in [0, 0.1) is 23.7 Å². The van der Waals surface area contributed by atoms with Gasteiger partial charge in [-0.05, 0) is 61.6 Å². The van der Waals surface area contributed by atoms with Crippen molar-refractivity contribution in [1.82, 2.24) is 0 Å². The molecule has 0 aromatic rings. The van der Waals surface area contributed by atoms with Crippen LogP contribution >= 0.6 is 0 Å². The van der Waals surface area contributed by atoms with Crippen LogP contribution in [-0.2, 0) is 18.7 Å². The lowest BCUT2D eigenvalue weighted by Crippen LogP contribution is -2.61. The molecule has 0 aromatic carbocycles. The van der Waals surface area contributed by atoms with Gasteiger partial charge in [-0.15, -0.1) is 0 Å². The van der Waals surface area contributed by atoms with E-state index in [0.29, 0.717) is 12.3 Å². The maximum absolute atomic E-state index is 12.8. The minimum atomic E-state index is -2.01. The van der Waals surface area contributed by atoms with Crippen LogP contribution in [-0.4, -0.2) is 49.4 Å². The number of fused-ring (bicyclic) bond motifs is 4. The van der Waals surface area contributed by atoms with Gasteiger partial charge in [-0.1, -0.05) is 41.5 Å². The van der Waals surface area contributed by atoms with Gasteiger partial charge in [-0.25, -0.2) is 4.79 Å². The zero-order valence-electron chi connectivity index (χ0n) is 19.9. The summed E-state index contributed by atoms with van der Waals surface area (Å²) in [5.41, 5.74) is -1.18. The first kappa shape index (κ1) is 23.2. The van der Waals surface area contributed by atoms with Crippen molar-refractivity contribution in [1.29, 1.82) is 0 Å². The fourth-order valence-corrected chi connectivity index (χ4v) is 6.67. The van der Waals surface area contributed by atoms with Crippen LogP contribution in [0.3, 0.4) is 0 Å². The highest BCUT2D eigenvalue weighted by molar-refractivity contribution is 6.74. The molecule has 1 aliphatic carbocycles. The van der Waals surface area contributed by atoms with Crippen LogP contribution in [0.5, 0.6) is 0 Å². The Hall–Kier alpha value is -0.433. The second-order valence-electron chi connectivity index (χ2n) is 11.8. The third-order valence-corrected chi connectivity index (χ3v) is 13.3. The van der Waals surface area contributed by atoms with Crippen LogP contribution in [0.25, 0.3) is 0 Å². The molecule has 3 aliphatic rings. The summed E-state index contributed by atoms with van der Waals surface area (Å²) < 4.78 is 18.8. The van der Waals surface area contributed by atoms with Crippen molar-refractivity contribution >= 4 is 14.3 Å². The van der Waals surface area contributed by atoms with E-state index in [2.05, 4.69) is 61.6 Å². The van der Waals surface area contributed by atoms with E-state index in [-0.39, 0.29) is 41.5 Å². The van der Waals surface area contributed by atoms with E-state index in [4.69, 9.17) is 13.9 Å². The number of hydrogen-bond donors (Lipinski definition) is 1. The highest BCUT2D eigenvalue weighted by Crippen LogP contribution is 2.62. The minimum absolute atomic E-state index is 0.00912. The van der Waals surface area contributed by atoms with E-state index in [9.17, 15) is 9.90 Å². The van der Waals surface area contributed by atoms with Gasteiger partial charge < -0.3 is 19.0 Å². The van der Waals surface area contributed by atoms with Crippen LogP contribution in [0.4, 0.5) is 0 Å². The van der Waals surface area contributed by atoms with Gasteiger partial charge in [-0.3, -0.25) is 0 Å². The molecule has 0 radical (unpaired) electrons. The SMILES string of the molecule is CC(C)[C@]12C[C@H](OC(=O)CO[Si](C)(C)C(C)(C)C)[C@](C)(O1)[C@H]1CC[C@H](C)[C@@H]1[C@H]2O. The van der Waals surface area contributed by atoms with Crippen molar-refractivity contribution in [3.05, 3.63) is 0 Å². The third kappa shape index (κ3) is 3.62. The smallest absolute Gasteiger partial charge is 0.331 e. The standard InChI is InChI=1S/C23H42O5Si/c1-14(2)23-12-17(27-18(24)13-26-29(8,9)21(4,5)6)22(7,28-23)16-11-10-15(3)19(16)20(23)25/h14-17,19-20,25H,10-13H2,1-9H3/t15-,16-,17-,19-,20+,22+,23-/m0/s1. The molecule has 2 bridgehead atoms. The molecule has 0 spiro atoms. The first-order chi connectivity index (χ1) is 13.2. The van der Waals surface area contributed by atoms with Crippen LogP contribution in [0.1, 0.15) is 67.7 Å². The monoisotopic (exact) mass is 426 g/mol. The number of carbonyl (C=O) groups is 1. The molecule has 1 saturated carbocycles. The summed E-state index contributed by atoms with van der Waals surface area (Å²) in [5, 5.41) is 11.4. The molecule has 3 rings (SSSR count). The fourth-order valence-electron chi connectivity index (χ4n) is 5.76. The molecular weight excluding hydrogens is 384 g/mol. The Morgan fingerprint density at radius 1 is 1.28 bits per heavy atom. The van der Waals surface area contributed by atoms with Gasteiger partial charge in [0, 0.05) is 6.42 Å². The van der Waals surface area contributed by atoms with Gasteiger partial charge in [0.15, 0.2) is 8.32 Å². The van der Waals surface area contributed by atoms with Gasteiger partial charge in [0.25, 0.3) is 0 Å². The highest BCUT2D eigenvalue weighted by atomic mass is 28.4. The topological polar surface area (TPSA) is 65.0 Å². The second kappa shape index (κ2) is 7.32. The molecule has 6 heteroatoms. The van der Waals surface area contributed by atoms with E-state index in [1.54, 1.807) is 0 Å². The van der Waals surface area contributed by atoms with Crippen molar-refractivity contribution in [2.75, 3.05) is 6.61 Å². The molecule has 29 heavy (non-hydrogen) atoms. The minimum Gasteiger partial charge on any atom is -0.458 e. The summed E-state index contributed by atoms with van der Waals surface area (Å²) >= 11 is 0. The molecule has 1 N–H and O–H groups in total. The molecule has 7 atom stereocenters. The number of aliphatic hydroxyl groups excluding tert-OH is 1. The number of hydrogen-bond acceptors (Lipinski definition) is 5. The second-order valence-corrected chi connectivity index (χ2v) is 16.6. The summed E-state index contributed by atoms with van der Waals surface area (Å²) in [4.78, 5) is 12.8. The van der Waals surface area contributed by atoms with Crippen LogP contribution < -0.4 is 0 Å². The van der Waals surface area contributed by atoms with Gasteiger partial charge in [0.2, 0.25) is 0 Å². The van der Waals surface area contributed by atoms with E-state index < -0.39 is 25.6 Å². The van der Waals surface area contributed by atoms with E-state index in [1.807, 2.05) is 0 Å². The number of esters is 1. The molecule has 2 saturated heterocycles. The Bertz CT molecular complexity index is 642. The van der Waals surface area contributed by atoms with E-state index >= 15 is 0 Å². The average molecular weight is 427 g/mol. The molecule has 168 valence electrons. The Balaban J connectivity index is 1.78. The van der Waals surface area contributed by atoms with Crippen molar-refractivity contribution < 1.29 is 23.8 Å². The highest BCUT2D eigenvalue weighted by Gasteiger charge is 2.70. The molecule has 2 aliphatic heterocycles. The number of ether oxygens (including phenoxy) is 2. The van der Waals surface area contributed by atoms with Crippen molar-refractivity contribution in [3.8, 4) is 0 Å². The maximum Gasteiger partial charge on any atom is 0.331 e. The van der Waals surface area contributed by atoms with Crippen molar-refractivity contribution in [3.63, 3.8) is 0 Å². The van der Waals surface area contributed by atoms with Crippen LogP contribution in [0.2, 0.25) is 18.1 Å². The van der Waals surface area contributed by atoms with Gasteiger partial charge >= 0.3 is 5.97 Å². The normalized spacial score (nSPS) is 42.2. The van der Waals surface area contributed by atoms with Crippen molar-refractivity contribution in [2.45, 2.75) is 109 Å². The van der Waals surface area contributed by atoms with Gasteiger partial charge in [0.05, 0.1) is 6.10 Å². The molecule has 0 unspecified atom stereocenters. The number of aliphatic hydroxyl groups is 1. The van der Waals surface area contributed by atoms with E-state index in [0.717, 1.165) is 12.8 Å². The quantitative estimate of drug-likeness (QED) is 0.517. The van der Waals surface area contributed by atoms with E-state index in [1.165, 1.54) is 0 Å². The van der Waals surface area contributed by atoms with Gasteiger partial charge in [-0.2, -0.15) is 0 Å². The largest absolute Gasteiger partial charge is 0.458 e. The first-order valence-electron chi connectivity index (χ1n) is 11.4. The summed E-state index contributed by atoms with van der Waals surface area (Å²) in [5.74, 6) is 0.739. The predicted molar refractivity (Wildman–Crippen MR) is 116 cm³/mol. The number of rotatable bonds is 5. The summed E-state index contributed by atoms with van der Waals surface area (Å²) in [7, 11) is -2.01. The maximum atomic E-state index is 12.8. The lowest BCUT2D eigenvalue weighted by Gasteiger charge is -2.51. The van der Waals surface area contributed by atoms with Crippen molar-refractivity contribution in [2.24, 2.45) is 23.7 Å². The molecule has 2 heterocycles. The summed E-state index contributed by atoms with van der Waals surface area (Å²) in [6.07, 6.45) is 1.82. The first-order valence-corrected chi connectivity index (χ1v) is 14.3. The Kier molecular flexibility index (Phi) is 5.86. The zero-order valence-corrected chi connectivity index (χ0v) is 20.9. The van der Waals surface area contributed by atoms with Crippen LogP contribution in [0.15, 0.2) is 0 Å². The molecule has 5 nitrogen and oxygen atoms in total. The molecule has 3 fully saturated rings. The number of carbonyl (C=O) groups excluding carboxylic acids is 1.